The van der Waals surface area contributed by atoms with Crippen molar-refractivity contribution in [1.29, 1.82) is 0 Å². The smallest absolute Gasteiger partial charge is 0.135 e. The molecule has 0 amide bonds. The summed E-state index contributed by atoms with van der Waals surface area (Å²) in [5, 5.41) is 7.19. The molecule has 0 radical (unpaired) electrons. The van der Waals surface area contributed by atoms with E-state index in [1.807, 2.05) is 24.3 Å². The lowest BCUT2D eigenvalue weighted by atomic mass is 9.89. The molecule has 0 fully saturated rings. The fourth-order valence-electron chi connectivity index (χ4n) is 7.25. The van der Waals surface area contributed by atoms with Crippen LogP contribution in [0.25, 0.3) is 76.8 Å². The van der Waals surface area contributed by atoms with Crippen LogP contribution in [0.3, 0.4) is 0 Å². The second kappa shape index (κ2) is 8.82. The van der Waals surface area contributed by atoms with Gasteiger partial charge in [-0.25, -0.2) is 0 Å². The van der Waals surface area contributed by atoms with Crippen molar-refractivity contribution >= 4 is 32.3 Å². The molecule has 0 unspecified atom stereocenters. The van der Waals surface area contributed by atoms with Gasteiger partial charge >= 0.3 is 0 Å². The number of para-hydroxylation sites is 2. The molecule has 0 saturated heterocycles. The van der Waals surface area contributed by atoms with Crippen molar-refractivity contribution in [3.05, 3.63) is 146 Å². The van der Waals surface area contributed by atoms with E-state index in [-0.39, 0.29) is 0 Å². The molecule has 0 atom stereocenters. The van der Waals surface area contributed by atoms with E-state index >= 15 is 0 Å². The Morgan fingerprint density at radius 1 is 0.295 bits per heavy atom. The third-order valence-corrected chi connectivity index (χ3v) is 9.26. The number of rotatable bonds is 2. The van der Waals surface area contributed by atoms with E-state index in [9.17, 15) is 0 Å². The van der Waals surface area contributed by atoms with Gasteiger partial charge in [-0.15, -0.1) is 0 Å². The van der Waals surface area contributed by atoms with Gasteiger partial charge in [-0.1, -0.05) is 109 Å². The predicted octanol–water partition coefficient (Wildman–Crippen LogP) is 12.0. The van der Waals surface area contributed by atoms with Gasteiger partial charge in [-0.3, -0.25) is 0 Å². The fraction of sp³-hybridized carbons (Fsp3) is 0. The molecule has 0 aliphatic carbocycles. The van der Waals surface area contributed by atoms with Crippen LogP contribution < -0.4 is 9.47 Å². The lowest BCUT2D eigenvalue weighted by Crippen LogP contribution is -1.97. The molecule has 2 heteroatoms. The number of fused-ring (bicyclic) bond motifs is 5. The monoisotopic (exact) mass is 560 g/mol. The molecule has 0 saturated carbocycles. The molecule has 0 aromatic heterocycles. The summed E-state index contributed by atoms with van der Waals surface area (Å²) in [6.45, 7) is 0. The molecule has 8 aromatic carbocycles. The highest BCUT2D eigenvalue weighted by Crippen LogP contribution is 2.50. The van der Waals surface area contributed by atoms with E-state index in [2.05, 4.69) is 121 Å². The number of hydrogen-bond acceptors (Lipinski definition) is 2. The van der Waals surface area contributed by atoms with E-state index in [0.29, 0.717) is 0 Å². The van der Waals surface area contributed by atoms with Gasteiger partial charge in [-0.05, 0) is 91.3 Å². The van der Waals surface area contributed by atoms with Crippen LogP contribution in [0, 0.1) is 0 Å². The first-order valence-corrected chi connectivity index (χ1v) is 15.0. The van der Waals surface area contributed by atoms with E-state index in [1.165, 1.54) is 65.7 Å². The molecule has 0 spiro atoms. The van der Waals surface area contributed by atoms with Gasteiger partial charge in [0.25, 0.3) is 0 Å². The Hall–Kier alpha value is -5.86. The summed E-state index contributed by atoms with van der Waals surface area (Å²) in [7, 11) is 0. The molecule has 2 heterocycles. The zero-order chi connectivity index (χ0) is 28.8. The lowest BCUT2D eigenvalue weighted by Gasteiger charge is -2.22. The molecule has 2 aliphatic heterocycles. The SMILES string of the molecule is c1ccc2c(c1)Oc1ccc(-c3ccc4cc(-c5ccc6c7c(cccc57)-c5ccccc5O6)ccc4c3)c3cccc-2c13. The van der Waals surface area contributed by atoms with Gasteiger partial charge in [-0.2, -0.15) is 0 Å². The van der Waals surface area contributed by atoms with Crippen molar-refractivity contribution in [2.24, 2.45) is 0 Å². The van der Waals surface area contributed by atoms with Crippen molar-refractivity contribution < 1.29 is 9.47 Å². The minimum Gasteiger partial charge on any atom is -0.456 e. The summed E-state index contributed by atoms with van der Waals surface area (Å²) in [5.74, 6) is 3.65. The standard InChI is InChI=1S/C42H24O2/c1-3-13-37-31(7-1)35-11-5-9-33-29(19-21-39(43-37)41(33)35)27-17-15-26-24-28(18-16-25(26)23-27)30-20-22-40-42-34(30)10-6-12-36(42)32-8-2-4-14-38(32)44-40/h1-24H. The normalized spacial score (nSPS) is 12.5. The van der Waals surface area contributed by atoms with Crippen molar-refractivity contribution in [2.75, 3.05) is 0 Å². The van der Waals surface area contributed by atoms with Gasteiger partial charge in [0.1, 0.15) is 23.0 Å². The summed E-state index contributed by atoms with van der Waals surface area (Å²) >= 11 is 0. The first kappa shape index (κ1) is 23.7. The van der Waals surface area contributed by atoms with Gasteiger partial charge < -0.3 is 9.47 Å². The largest absolute Gasteiger partial charge is 0.456 e. The van der Waals surface area contributed by atoms with Crippen molar-refractivity contribution in [2.45, 2.75) is 0 Å². The minimum atomic E-state index is 0.912. The van der Waals surface area contributed by atoms with Crippen LogP contribution in [-0.2, 0) is 0 Å². The number of benzene rings is 8. The first-order valence-electron chi connectivity index (χ1n) is 15.0. The van der Waals surface area contributed by atoms with E-state index < -0.39 is 0 Å². The summed E-state index contributed by atoms with van der Waals surface area (Å²) in [5.41, 5.74) is 9.55. The molecule has 0 bridgehead atoms. The highest BCUT2D eigenvalue weighted by atomic mass is 16.5. The third-order valence-electron chi connectivity index (χ3n) is 9.26. The Bertz CT molecular complexity index is 2330. The zero-order valence-corrected chi connectivity index (χ0v) is 23.7. The van der Waals surface area contributed by atoms with Gasteiger partial charge in [0.2, 0.25) is 0 Å². The molecule has 10 rings (SSSR count). The first-order chi connectivity index (χ1) is 21.8. The molecular weight excluding hydrogens is 536 g/mol. The quantitative estimate of drug-likeness (QED) is 0.209. The van der Waals surface area contributed by atoms with Crippen LogP contribution in [-0.4, -0.2) is 0 Å². The summed E-state index contributed by atoms with van der Waals surface area (Å²) in [4.78, 5) is 0. The summed E-state index contributed by atoms with van der Waals surface area (Å²) < 4.78 is 12.7. The molecule has 8 aromatic rings. The van der Waals surface area contributed by atoms with Crippen molar-refractivity contribution in [3.63, 3.8) is 0 Å². The molecular formula is C42H24O2. The maximum Gasteiger partial charge on any atom is 0.135 e. The van der Waals surface area contributed by atoms with Crippen LogP contribution in [0.15, 0.2) is 146 Å². The summed E-state index contributed by atoms with van der Waals surface area (Å²) in [6, 6.07) is 51.9. The van der Waals surface area contributed by atoms with Gasteiger partial charge in [0.05, 0.1) is 0 Å². The maximum absolute atomic E-state index is 6.33. The van der Waals surface area contributed by atoms with Crippen LogP contribution in [0.4, 0.5) is 0 Å². The molecule has 204 valence electrons. The second-order valence-electron chi connectivity index (χ2n) is 11.7. The highest BCUT2D eigenvalue weighted by Gasteiger charge is 2.23. The molecule has 2 aliphatic rings. The van der Waals surface area contributed by atoms with Crippen LogP contribution in [0.1, 0.15) is 0 Å². The molecule has 2 nitrogen and oxygen atoms in total. The highest BCUT2D eigenvalue weighted by molar-refractivity contribution is 6.12. The third kappa shape index (κ3) is 3.31. The Morgan fingerprint density at radius 2 is 0.750 bits per heavy atom. The second-order valence-corrected chi connectivity index (χ2v) is 11.7. The minimum absolute atomic E-state index is 0.912. The zero-order valence-electron chi connectivity index (χ0n) is 23.7. The summed E-state index contributed by atoms with van der Waals surface area (Å²) in [6.07, 6.45) is 0. The topological polar surface area (TPSA) is 18.5 Å². The average molecular weight is 561 g/mol. The maximum atomic E-state index is 6.33. The predicted molar refractivity (Wildman–Crippen MR) is 181 cm³/mol. The molecule has 0 N–H and O–H groups in total. The fourth-order valence-corrected chi connectivity index (χ4v) is 7.25. The van der Waals surface area contributed by atoms with E-state index in [4.69, 9.17) is 9.47 Å². The Balaban J connectivity index is 1.09. The van der Waals surface area contributed by atoms with Crippen LogP contribution >= 0.6 is 0 Å². The van der Waals surface area contributed by atoms with E-state index in [1.54, 1.807) is 0 Å². The van der Waals surface area contributed by atoms with E-state index in [0.717, 1.165) is 34.1 Å². The van der Waals surface area contributed by atoms with Crippen LogP contribution in [0.2, 0.25) is 0 Å². The van der Waals surface area contributed by atoms with Crippen molar-refractivity contribution in [1.82, 2.24) is 0 Å². The Labute approximate surface area is 254 Å². The Morgan fingerprint density at radius 3 is 1.25 bits per heavy atom. The molecule has 44 heavy (non-hydrogen) atoms. The lowest BCUT2D eigenvalue weighted by molar-refractivity contribution is 0.487. The van der Waals surface area contributed by atoms with Gasteiger partial charge in [0.15, 0.2) is 0 Å². The Kier molecular flexibility index (Phi) is 4.75. The average Bonchev–Trinajstić information content (AvgIpc) is 3.08. The number of hydrogen-bond donors (Lipinski definition) is 0. The van der Waals surface area contributed by atoms with Crippen molar-refractivity contribution in [3.8, 4) is 67.5 Å². The van der Waals surface area contributed by atoms with Crippen LogP contribution in [0.5, 0.6) is 23.0 Å². The van der Waals surface area contributed by atoms with Gasteiger partial charge in [0, 0.05) is 21.9 Å². The number of ether oxygens (including phenoxy) is 2.